The van der Waals surface area contributed by atoms with Crippen LogP contribution in [0.15, 0.2) is 24.3 Å². The van der Waals surface area contributed by atoms with E-state index in [0.717, 1.165) is 25.7 Å². The van der Waals surface area contributed by atoms with Gasteiger partial charge in [0.15, 0.2) is 0 Å². The van der Waals surface area contributed by atoms with Crippen molar-refractivity contribution < 1.29 is 5.11 Å². The molecule has 1 aromatic carbocycles. The van der Waals surface area contributed by atoms with Crippen molar-refractivity contribution in [3.05, 3.63) is 35.4 Å². The van der Waals surface area contributed by atoms with Gasteiger partial charge in [-0.25, -0.2) is 0 Å². The smallest absolute Gasteiger partial charge is 0.0838 e. The SMILES string of the molecule is NC12CC3CC1(O)CC(C2)c1ccccc13. The molecule has 84 valence electrons. The molecule has 2 nitrogen and oxygen atoms in total. The molecule has 0 amide bonds. The number of aliphatic hydroxyl groups is 1. The molecule has 16 heavy (non-hydrogen) atoms. The van der Waals surface area contributed by atoms with Gasteiger partial charge in [0.2, 0.25) is 0 Å². The average molecular weight is 215 g/mol. The highest BCUT2D eigenvalue weighted by Gasteiger charge is 2.63. The Morgan fingerprint density at radius 1 is 1.00 bits per heavy atom. The Hall–Kier alpha value is -0.860. The molecule has 4 aliphatic rings. The highest BCUT2D eigenvalue weighted by atomic mass is 16.3. The number of rotatable bonds is 0. The molecule has 2 saturated carbocycles. The lowest BCUT2D eigenvalue weighted by Crippen LogP contribution is -2.52. The second-order valence-corrected chi connectivity index (χ2v) is 6.03. The molecule has 2 heteroatoms. The van der Waals surface area contributed by atoms with Gasteiger partial charge in [-0.1, -0.05) is 24.3 Å². The monoisotopic (exact) mass is 215 g/mol. The van der Waals surface area contributed by atoms with E-state index >= 15 is 0 Å². The van der Waals surface area contributed by atoms with Crippen LogP contribution < -0.4 is 5.73 Å². The molecule has 3 N–H and O–H groups in total. The van der Waals surface area contributed by atoms with Crippen molar-refractivity contribution in [2.45, 2.75) is 48.7 Å². The third-order valence-corrected chi connectivity index (χ3v) is 5.19. The zero-order valence-corrected chi connectivity index (χ0v) is 9.32. The molecule has 0 spiro atoms. The second-order valence-electron chi connectivity index (χ2n) is 6.03. The van der Waals surface area contributed by atoms with E-state index in [1.54, 1.807) is 0 Å². The van der Waals surface area contributed by atoms with Crippen molar-refractivity contribution >= 4 is 0 Å². The number of nitrogens with two attached hydrogens (primary N) is 1. The Bertz CT molecular complexity index is 413. The van der Waals surface area contributed by atoms with Crippen molar-refractivity contribution in [3.8, 4) is 0 Å². The Kier molecular flexibility index (Phi) is 1.45. The number of benzene rings is 1. The first kappa shape index (κ1) is 9.20. The molecule has 0 aromatic heterocycles. The van der Waals surface area contributed by atoms with E-state index in [1.807, 2.05) is 0 Å². The Morgan fingerprint density at radius 2 is 1.50 bits per heavy atom. The predicted octanol–water partition coefficient (Wildman–Crippen LogP) is 1.88. The first-order valence-corrected chi connectivity index (χ1v) is 6.21. The minimum Gasteiger partial charge on any atom is -0.388 e. The van der Waals surface area contributed by atoms with Crippen LogP contribution in [0.25, 0.3) is 0 Å². The molecule has 5 rings (SSSR count). The van der Waals surface area contributed by atoms with Gasteiger partial charge in [0.1, 0.15) is 0 Å². The lowest BCUT2D eigenvalue weighted by molar-refractivity contribution is 0.00714. The van der Waals surface area contributed by atoms with E-state index in [4.69, 9.17) is 5.73 Å². The third kappa shape index (κ3) is 0.871. The largest absolute Gasteiger partial charge is 0.388 e. The molecule has 4 bridgehead atoms. The fourth-order valence-corrected chi connectivity index (χ4v) is 4.49. The summed E-state index contributed by atoms with van der Waals surface area (Å²) >= 11 is 0. The zero-order valence-electron chi connectivity index (χ0n) is 9.32. The van der Waals surface area contributed by atoms with Crippen LogP contribution in [0, 0.1) is 0 Å². The molecule has 0 heterocycles. The zero-order chi connectivity index (χ0) is 11.0. The van der Waals surface area contributed by atoms with Crippen LogP contribution in [0.2, 0.25) is 0 Å². The molecule has 0 aliphatic heterocycles. The summed E-state index contributed by atoms with van der Waals surface area (Å²) in [5.74, 6) is 0.970. The van der Waals surface area contributed by atoms with Crippen LogP contribution in [0.3, 0.4) is 0 Å². The highest BCUT2D eigenvalue weighted by Crippen LogP contribution is 2.62. The van der Waals surface area contributed by atoms with Gasteiger partial charge < -0.3 is 10.8 Å². The van der Waals surface area contributed by atoms with Crippen molar-refractivity contribution in [1.82, 2.24) is 0 Å². The summed E-state index contributed by atoms with van der Waals surface area (Å²) in [7, 11) is 0. The van der Waals surface area contributed by atoms with Crippen molar-refractivity contribution in [1.29, 1.82) is 0 Å². The summed E-state index contributed by atoms with van der Waals surface area (Å²) in [5.41, 5.74) is 8.44. The van der Waals surface area contributed by atoms with E-state index in [2.05, 4.69) is 24.3 Å². The Labute approximate surface area is 95.5 Å². The molecule has 2 fully saturated rings. The summed E-state index contributed by atoms with van der Waals surface area (Å²) in [6, 6.07) is 8.69. The van der Waals surface area contributed by atoms with E-state index in [9.17, 15) is 5.11 Å². The van der Waals surface area contributed by atoms with Gasteiger partial charge in [0, 0.05) is 5.54 Å². The quantitative estimate of drug-likeness (QED) is 0.694. The predicted molar refractivity (Wildman–Crippen MR) is 62.3 cm³/mol. The molecule has 0 radical (unpaired) electrons. The fraction of sp³-hybridized carbons (Fsp3) is 0.571. The number of hydrogen-bond acceptors (Lipinski definition) is 2. The van der Waals surface area contributed by atoms with Gasteiger partial charge in [-0.15, -0.1) is 0 Å². The van der Waals surface area contributed by atoms with E-state index < -0.39 is 5.60 Å². The van der Waals surface area contributed by atoms with E-state index in [0.29, 0.717) is 11.8 Å². The maximum atomic E-state index is 10.7. The Balaban J connectivity index is 1.97. The van der Waals surface area contributed by atoms with Crippen molar-refractivity contribution in [3.63, 3.8) is 0 Å². The summed E-state index contributed by atoms with van der Waals surface area (Å²) in [5, 5.41) is 10.7. The minimum atomic E-state index is -0.596. The topological polar surface area (TPSA) is 46.2 Å². The third-order valence-electron chi connectivity index (χ3n) is 5.19. The molecule has 1 aromatic rings. The van der Waals surface area contributed by atoms with Crippen molar-refractivity contribution in [2.75, 3.05) is 0 Å². The van der Waals surface area contributed by atoms with Gasteiger partial charge in [-0.05, 0) is 48.6 Å². The summed E-state index contributed by atoms with van der Waals surface area (Å²) in [6.07, 6.45) is 3.68. The number of hydrogen-bond donors (Lipinski definition) is 2. The Morgan fingerprint density at radius 3 is 1.94 bits per heavy atom. The second kappa shape index (κ2) is 2.52. The van der Waals surface area contributed by atoms with Gasteiger partial charge in [-0.2, -0.15) is 0 Å². The molecule has 4 aliphatic carbocycles. The summed E-state index contributed by atoms with van der Waals surface area (Å²) < 4.78 is 0. The van der Waals surface area contributed by atoms with Crippen LogP contribution in [0.1, 0.15) is 48.6 Å². The highest BCUT2D eigenvalue weighted by molar-refractivity contribution is 5.43. The fourth-order valence-electron chi connectivity index (χ4n) is 4.49. The molecule has 0 saturated heterocycles. The van der Waals surface area contributed by atoms with E-state index in [1.165, 1.54) is 11.1 Å². The van der Waals surface area contributed by atoms with Crippen LogP contribution in [0.5, 0.6) is 0 Å². The lowest BCUT2D eigenvalue weighted by atomic mass is 9.87. The van der Waals surface area contributed by atoms with Crippen LogP contribution in [0.4, 0.5) is 0 Å². The standard InChI is InChI=1S/C14H17NO/c15-13-5-9-7-14(13,16)8-10(6-13)12-4-2-1-3-11(9)12/h1-4,9-10,16H,5-8,15H2. The summed E-state index contributed by atoms with van der Waals surface area (Å²) in [6.45, 7) is 0. The maximum absolute atomic E-state index is 10.7. The normalized spacial score (nSPS) is 48.1. The van der Waals surface area contributed by atoms with E-state index in [-0.39, 0.29) is 5.54 Å². The first-order valence-electron chi connectivity index (χ1n) is 6.21. The van der Waals surface area contributed by atoms with Crippen LogP contribution in [-0.2, 0) is 0 Å². The van der Waals surface area contributed by atoms with Crippen LogP contribution >= 0.6 is 0 Å². The maximum Gasteiger partial charge on any atom is 0.0838 e. The van der Waals surface area contributed by atoms with Gasteiger partial charge in [0.25, 0.3) is 0 Å². The van der Waals surface area contributed by atoms with Gasteiger partial charge >= 0.3 is 0 Å². The molecule has 2 atom stereocenters. The van der Waals surface area contributed by atoms with Crippen molar-refractivity contribution in [2.24, 2.45) is 5.73 Å². The van der Waals surface area contributed by atoms with Crippen LogP contribution in [-0.4, -0.2) is 16.2 Å². The molecular weight excluding hydrogens is 198 g/mol. The lowest BCUT2D eigenvalue weighted by Gasteiger charge is -2.32. The molecule has 2 unspecified atom stereocenters. The molecular formula is C14H17NO. The van der Waals surface area contributed by atoms with Gasteiger partial charge in [-0.3, -0.25) is 0 Å². The van der Waals surface area contributed by atoms with Gasteiger partial charge in [0.05, 0.1) is 5.60 Å². The average Bonchev–Trinajstić information content (AvgIpc) is 2.52. The first-order chi connectivity index (χ1) is 7.61. The summed E-state index contributed by atoms with van der Waals surface area (Å²) in [4.78, 5) is 0. The minimum absolute atomic E-state index is 0.318.